The maximum absolute atomic E-state index is 11.7. The number of benzene rings is 1. The molecule has 0 spiro atoms. The third kappa shape index (κ3) is 3.16. The Hall–Kier alpha value is -1.16. The van der Waals surface area contributed by atoms with Crippen LogP contribution in [-0.4, -0.2) is 19.2 Å². The van der Waals surface area contributed by atoms with E-state index in [4.69, 9.17) is 4.74 Å². The molecule has 1 aromatic carbocycles. The highest BCUT2D eigenvalue weighted by Gasteiger charge is 2.11. The number of carbonyl (C=O) groups excluding carboxylic acids is 2. The predicted octanol–water partition coefficient (Wildman–Crippen LogP) is 2.62. The number of carbonyl (C=O) groups is 2. The Morgan fingerprint density at radius 1 is 1.53 bits per heavy atom. The van der Waals surface area contributed by atoms with Gasteiger partial charge >= 0.3 is 0 Å². The number of Topliss-reactive ketones (excluding diaryl/α,β-unsaturated/α-hetero) is 1. The summed E-state index contributed by atoms with van der Waals surface area (Å²) in [6, 6.07) is 5.22. The quantitative estimate of drug-likeness (QED) is 0.610. The fraction of sp³-hybridized carbons (Fsp3) is 0.273. The van der Waals surface area contributed by atoms with E-state index >= 15 is 0 Å². The van der Waals surface area contributed by atoms with Gasteiger partial charge < -0.3 is 9.53 Å². The number of methoxy groups -OCH3 is 1. The van der Waals surface area contributed by atoms with Crippen LogP contribution in [0.15, 0.2) is 22.7 Å². The van der Waals surface area contributed by atoms with Crippen LogP contribution in [0.4, 0.5) is 0 Å². The Morgan fingerprint density at radius 2 is 2.27 bits per heavy atom. The van der Waals surface area contributed by atoms with Crippen molar-refractivity contribution in [3.05, 3.63) is 28.2 Å². The second-order valence-electron chi connectivity index (χ2n) is 2.97. The van der Waals surface area contributed by atoms with Crippen molar-refractivity contribution >= 4 is 28.0 Å². The molecule has 0 amide bonds. The summed E-state index contributed by atoms with van der Waals surface area (Å²) in [4.78, 5) is 21.8. The topological polar surface area (TPSA) is 43.4 Å². The van der Waals surface area contributed by atoms with Gasteiger partial charge in [0, 0.05) is 17.3 Å². The van der Waals surface area contributed by atoms with Gasteiger partial charge in [0.2, 0.25) is 0 Å². The first-order valence-corrected chi connectivity index (χ1v) is 5.28. The Balaban J connectivity index is 2.94. The second kappa shape index (κ2) is 5.66. The molecule has 1 rings (SSSR count). The molecular formula is C11H11BrO3. The molecule has 0 bridgehead atoms. The van der Waals surface area contributed by atoms with Crippen LogP contribution in [0.2, 0.25) is 0 Å². The van der Waals surface area contributed by atoms with Gasteiger partial charge in [0.25, 0.3) is 0 Å². The van der Waals surface area contributed by atoms with Crippen molar-refractivity contribution in [2.24, 2.45) is 0 Å². The molecule has 0 aliphatic carbocycles. The van der Waals surface area contributed by atoms with E-state index in [-0.39, 0.29) is 18.6 Å². The standard InChI is InChI=1S/C11H11BrO3/c1-15-11-5-4-8(12)7-9(11)10(14)3-2-6-13/h4-7H,2-3H2,1H3. The minimum Gasteiger partial charge on any atom is -0.496 e. The van der Waals surface area contributed by atoms with Gasteiger partial charge in [-0.2, -0.15) is 0 Å². The van der Waals surface area contributed by atoms with E-state index in [1.807, 2.05) is 0 Å². The van der Waals surface area contributed by atoms with Crippen LogP contribution in [0.5, 0.6) is 5.75 Å². The van der Waals surface area contributed by atoms with E-state index in [9.17, 15) is 9.59 Å². The SMILES string of the molecule is COc1ccc(Br)cc1C(=O)CCC=O. The Morgan fingerprint density at radius 3 is 2.87 bits per heavy atom. The van der Waals surface area contributed by atoms with E-state index in [0.29, 0.717) is 11.3 Å². The minimum atomic E-state index is -0.0831. The summed E-state index contributed by atoms with van der Waals surface area (Å²) in [5.74, 6) is 0.453. The average Bonchev–Trinajstić information content (AvgIpc) is 2.25. The molecule has 0 unspecified atom stereocenters. The Kier molecular flexibility index (Phi) is 4.49. The summed E-state index contributed by atoms with van der Waals surface area (Å²) in [6.45, 7) is 0. The van der Waals surface area contributed by atoms with Crippen molar-refractivity contribution < 1.29 is 14.3 Å². The largest absolute Gasteiger partial charge is 0.496 e. The van der Waals surface area contributed by atoms with Gasteiger partial charge in [-0.3, -0.25) is 4.79 Å². The zero-order chi connectivity index (χ0) is 11.3. The molecule has 0 fully saturated rings. The summed E-state index contributed by atoms with van der Waals surface area (Å²) >= 11 is 3.28. The molecule has 0 saturated heterocycles. The van der Waals surface area contributed by atoms with Crippen LogP contribution in [0, 0.1) is 0 Å². The van der Waals surface area contributed by atoms with Crippen LogP contribution < -0.4 is 4.74 Å². The molecule has 0 saturated carbocycles. The maximum Gasteiger partial charge on any atom is 0.167 e. The molecule has 1 aromatic rings. The molecule has 15 heavy (non-hydrogen) atoms. The number of hydrogen-bond donors (Lipinski definition) is 0. The number of aldehydes is 1. The van der Waals surface area contributed by atoms with Crippen LogP contribution >= 0.6 is 15.9 Å². The highest BCUT2D eigenvalue weighted by molar-refractivity contribution is 9.10. The third-order valence-electron chi connectivity index (χ3n) is 1.95. The lowest BCUT2D eigenvalue weighted by Crippen LogP contribution is -2.02. The van der Waals surface area contributed by atoms with Crippen molar-refractivity contribution in [1.29, 1.82) is 0 Å². The highest BCUT2D eigenvalue weighted by atomic mass is 79.9. The molecule has 0 N–H and O–H groups in total. The van der Waals surface area contributed by atoms with Gasteiger partial charge in [-0.1, -0.05) is 15.9 Å². The van der Waals surface area contributed by atoms with E-state index in [1.54, 1.807) is 18.2 Å². The van der Waals surface area contributed by atoms with Crippen molar-refractivity contribution in [2.75, 3.05) is 7.11 Å². The van der Waals surface area contributed by atoms with Crippen LogP contribution in [0.3, 0.4) is 0 Å². The normalized spacial score (nSPS) is 9.73. The van der Waals surface area contributed by atoms with Gasteiger partial charge in [0.1, 0.15) is 12.0 Å². The van der Waals surface area contributed by atoms with Gasteiger partial charge in [0.15, 0.2) is 5.78 Å². The van der Waals surface area contributed by atoms with Gasteiger partial charge in [0.05, 0.1) is 12.7 Å². The lowest BCUT2D eigenvalue weighted by molar-refractivity contribution is -0.107. The number of ether oxygens (including phenoxy) is 1. The highest BCUT2D eigenvalue weighted by Crippen LogP contribution is 2.24. The lowest BCUT2D eigenvalue weighted by atomic mass is 10.1. The summed E-state index contributed by atoms with van der Waals surface area (Å²) in [7, 11) is 1.51. The number of halogens is 1. The summed E-state index contributed by atoms with van der Waals surface area (Å²) < 4.78 is 5.89. The maximum atomic E-state index is 11.7. The minimum absolute atomic E-state index is 0.0831. The molecular weight excluding hydrogens is 260 g/mol. The lowest BCUT2D eigenvalue weighted by Gasteiger charge is -2.06. The molecule has 0 aliphatic rings. The molecule has 0 aliphatic heterocycles. The average molecular weight is 271 g/mol. The Labute approximate surface area is 96.6 Å². The fourth-order valence-corrected chi connectivity index (χ4v) is 1.58. The molecule has 4 heteroatoms. The first-order valence-electron chi connectivity index (χ1n) is 4.49. The van der Waals surface area contributed by atoms with E-state index in [2.05, 4.69) is 15.9 Å². The third-order valence-corrected chi connectivity index (χ3v) is 2.44. The van der Waals surface area contributed by atoms with Crippen molar-refractivity contribution in [2.45, 2.75) is 12.8 Å². The van der Waals surface area contributed by atoms with Crippen molar-refractivity contribution in [3.8, 4) is 5.75 Å². The van der Waals surface area contributed by atoms with Crippen molar-refractivity contribution in [1.82, 2.24) is 0 Å². The van der Waals surface area contributed by atoms with E-state index in [1.165, 1.54) is 7.11 Å². The molecule has 0 radical (unpaired) electrons. The zero-order valence-corrected chi connectivity index (χ0v) is 9.91. The van der Waals surface area contributed by atoms with Crippen LogP contribution in [0.1, 0.15) is 23.2 Å². The molecule has 0 heterocycles. The number of ketones is 1. The molecule has 80 valence electrons. The number of rotatable bonds is 5. The van der Waals surface area contributed by atoms with Crippen LogP contribution in [-0.2, 0) is 4.79 Å². The molecule has 0 aromatic heterocycles. The predicted molar refractivity (Wildman–Crippen MR) is 60.3 cm³/mol. The van der Waals surface area contributed by atoms with E-state index in [0.717, 1.165) is 10.8 Å². The summed E-state index contributed by atoms with van der Waals surface area (Å²) in [5.41, 5.74) is 0.508. The first kappa shape index (κ1) is 11.9. The zero-order valence-electron chi connectivity index (χ0n) is 8.33. The summed E-state index contributed by atoms with van der Waals surface area (Å²) in [5, 5.41) is 0. The monoisotopic (exact) mass is 270 g/mol. The fourth-order valence-electron chi connectivity index (χ4n) is 1.22. The van der Waals surface area contributed by atoms with Gasteiger partial charge in [-0.25, -0.2) is 0 Å². The van der Waals surface area contributed by atoms with Crippen molar-refractivity contribution in [3.63, 3.8) is 0 Å². The van der Waals surface area contributed by atoms with E-state index < -0.39 is 0 Å². The summed E-state index contributed by atoms with van der Waals surface area (Å²) in [6.07, 6.45) is 1.20. The first-order chi connectivity index (χ1) is 7.19. The second-order valence-corrected chi connectivity index (χ2v) is 3.89. The Bertz CT molecular complexity index is 374. The molecule has 0 atom stereocenters. The molecule has 3 nitrogen and oxygen atoms in total. The smallest absolute Gasteiger partial charge is 0.167 e. The van der Waals surface area contributed by atoms with Gasteiger partial charge in [-0.05, 0) is 18.2 Å². The van der Waals surface area contributed by atoms with Crippen LogP contribution in [0.25, 0.3) is 0 Å². The van der Waals surface area contributed by atoms with Gasteiger partial charge in [-0.15, -0.1) is 0 Å². The number of hydrogen-bond acceptors (Lipinski definition) is 3.